The average Bonchev–Trinajstić information content (AvgIpc) is 2.31. The zero-order valence-corrected chi connectivity index (χ0v) is 7.35. The van der Waals surface area contributed by atoms with Crippen molar-refractivity contribution < 1.29 is 28.8 Å². The predicted octanol–water partition coefficient (Wildman–Crippen LogP) is -0.856. The van der Waals surface area contributed by atoms with E-state index in [0.717, 1.165) is 0 Å². The number of hydrogen-bond donors (Lipinski definition) is 3. The molecule has 1 rings (SSSR count). The number of nitriles is 1. The van der Waals surface area contributed by atoms with Gasteiger partial charge in [-0.3, -0.25) is 4.79 Å². The minimum Gasteiger partial charge on any atom is -0.465 e. The van der Waals surface area contributed by atoms with Gasteiger partial charge in [0.2, 0.25) is 0 Å². The third kappa shape index (κ3) is 7.43. The minimum atomic E-state index is -4.64. The summed E-state index contributed by atoms with van der Waals surface area (Å²) >= 11 is 0. The number of nitrogens with zero attached hydrogens (tertiary/aromatic N) is 1. The van der Waals surface area contributed by atoms with Crippen LogP contribution in [0.25, 0.3) is 0 Å². The van der Waals surface area contributed by atoms with Crippen LogP contribution in [0.3, 0.4) is 0 Å². The first-order valence-corrected chi connectivity index (χ1v) is 4.75. The Balaban J connectivity index is 0.000000252. The fourth-order valence-corrected chi connectivity index (χ4v) is 0.613. The smallest absolute Gasteiger partial charge is 0.465 e. The summed E-state index contributed by atoms with van der Waals surface area (Å²) in [6.07, 6.45) is 0.565. The molecule has 1 atom stereocenters. The molecule has 8 heteroatoms. The van der Waals surface area contributed by atoms with Gasteiger partial charge in [0.05, 0.1) is 12.7 Å². The van der Waals surface area contributed by atoms with Gasteiger partial charge in [-0.2, -0.15) is 5.26 Å². The van der Waals surface area contributed by atoms with E-state index in [9.17, 15) is 4.79 Å². The Hall–Kier alpha value is -0.930. The van der Waals surface area contributed by atoms with Crippen molar-refractivity contribution in [2.24, 2.45) is 5.92 Å². The highest BCUT2D eigenvalue weighted by atomic mass is 31.2. The third-order valence-electron chi connectivity index (χ3n) is 1.09. The zero-order valence-electron chi connectivity index (χ0n) is 6.45. The predicted molar refractivity (Wildman–Crippen MR) is 38.9 cm³/mol. The highest BCUT2D eigenvalue weighted by Crippen LogP contribution is 2.25. The lowest BCUT2D eigenvalue weighted by Gasteiger charge is -1.86. The highest BCUT2D eigenvalue weighted by molar-refractivity contribution is 7.45. The molecule has 1 saturated heterocycles. The summed E-state index contributed by atoms with van der Waals surface area (Å²) in [7, 11) is -4.64. The van der Waals surface area contributed by atoms with Gasteiger partial charge in [-0.15, -0.1) is 0 Å². The van der Waals surface area contributed by atoms with Crippen molar-refractivity contribution in [2.45, 2.75) is 6.42 Å². The van der Waals surface area contributed by atoms with E-state index in [1.807, 2.05) is 6.07 Å². The Bertz CT molecular complexity index is 256. The maximum atomic E-state index is 10.4. The quantitative estimate of drug-likeness (QED) is 0.350. The lowest BCUT2D eigenvalue weighted by molar-refractivity contribution is -0.139. The largest absolute Gasteiger partial charge is 0.466 e. The number of cyclic esters (lactones) is 1. The van der Waals surface area contributed by atoms with Crippen molar-refractivity contribution in [3.05, 3.63) is 0 Å². The molecule has 1 aliphatic rings. The second-order valence-electron chi connectivity index (χ2n) is 2.15. The van der Waals surface area contributed by atoms with E-state index >= 15 is 0 Å². The molecule has 1 heterocycles. The summed E-state index contributed by atoms with van der Waals surface area (Å²) in [5.41, 5.74) is 0. The van der Waals surface area contributed by atoms with E-state index in [2.05, 4.69) is 4.74 Å². The van der Waals surface area contributed by atoms with Crippen molar-refractivity contribution >= 4 is 13.8 Å². The molecule has 0 radical (unpaired) electrons. The molecule has 0 aromatic rings. The molecule has 0 amide bonds. The summed E-state index contributed by atoms with van der Waals surface area (Å²) < 4.78 is 13.4. The maximum Gasteiger partial charge on any atom is 0.466 e. The lowest BCUT2D eigenvalue weighted by atomic mass is 10.1. The van der Waals surface area contributed by atoms with Crippen LogP contribution in [0.2, 0.25) is 0 Å². The van der Waals surface area contributed by atoms with Crippen LogP contribution in [0.15, 0.2) is 0 Å². The Morgan fingerprint density at radius 2 is 2.00 bits per heavy atom. The van der Waals surface area contributed by atoms with Crippen LogP contribution >= 0.6 is 7.82 Å². The standard InChI is InChI=1S/C5H5NO2.H3O4P/c6-3-4-1-2-8-5(4)7;1-5(2,3)4/h4H,1-2H2;(H3,1,2,3,4). The molecular formula is C5H8NO6P. The molecule has 0 saturated carbocycles. The number of carbonyl (C=O) groups excluding carboxylic acids is 1. The zero-order chi connectivity index (χ0) is 10.5. The molecule has 0 aromatic carbocycles. The molecule has 0 aliphatic carbocycles. The van der Waals surface area contributed by atoms with Gasteiger partial charge in [0.25, 0.3) is 0 Å². The molecule has 1 unspecified atom stereocenters. The number of hydrogen-bond acceptors (Lipinski definition) is 4. The van der Waals surface area contributed by atoms with E-state index in [4.69, 9.17) is 24.5 Å². The molecule has 1 aliphatic heterocycles. The van der Waals surface area contributed by atoms with Gasteiger partial charge in [0.1, 0.15) is 5.92 Å². The van der Waals surface area contributed by atoms with Crippen molar-refractivity contribution in [1.82, 2.24) is 0 Å². The van der Waals surface area contributed by atoms with E-state index in [1.54, 1.807) is 0 Å². The SMILES string of the molecule is N#CC1CCOC1=O.O=P(O)(O)O. The molecule has 3 N–H and O–H groups in total. The Morgan fingerprint density at radius 1 is 1.54 bits per heavy atom. The first-order valence-electron chi connectivity index (χ1n) is 3.19. The molecule has 74 valence electrons. The molecule has 13 heavy (non-hydrogen) atoms. The topological polar surface area (TPSA) is 128 Å². The normalized spacial score (nSPS) is 21.1. The first-order chi connectivity index (χ1) is 5.84. The van der Waals surface area contributed by atoms with Gasteiger partial charge in [0, 0.05) is 6.42 Å². The Kier molecular flexibility index (Phi) is 4.59. The van der Waals surface area contributed by atoms with Gasteiger partial charge in [-0.05, 0) is 0 Å². The first kappa shape index (κ1) is 12.1. The lowest BCUT2D eigenvalue weighted by Crippen LogP contribution is -2.03. The van der Waals surface area contributed by atoms with Crippen molar-refractivity contribution in [3.63, 3.8) is 0 Å². The minimum absolute atomic E-state index is 0.368. The highest BCUT2D eigenvalue weighted by Gasteiger charge is 2.25. The van der Waals surface area contributed by atoms with Crippen LogP contribution < -0.4 is 0 Å². The van der Waals surface area contributed by atoms with Crippen molar-refractivity contribution in [2.75, 3.05) is 6.61 Å². The van der Waals surface area contributed by atoms with Crippen LogP contribution in [0, 0.1) is 17.2 Å². The molecule has 0 bridgehead atoms. The number of phosphoric acid groups is 1. The number of rotatable bonds is 0. The summed E-state index contributed by atoms with van der Waals surface area (Å²) in [4.78, 5) is 31.9. The fourth-order valence-electron chi connectivity index (χ4n) is 0.613. The number of esters is 1. The van der Waals surface area contributed by atoms with Gasteiger partial charge in [-0.1, -0.05) is 0 Å². The molecular weight excluding hydrogens is 201 g/mol. The second-order valence-corrected chi connectivity index (χ2v) is 3.18. The van der Waals surface area contributed by atoms with Gasteiger partial charge in [-0.25, -0.2) is 4.57 Å². The fraction of sp³-hybridized carbons (Fsp3) is 0.600. The van der Waals surface area contributed by atoms with Crippen LogP contribution in [0.4, 0.5) is 0 Å². The van der Waals surface area contributed by atoms with Gasteiger partial charge < -0.3 is 19.4 Å². The van der Waals surface area contributed by atoms with Crippen molar-refractivity contribution in [1.29, 1.82) is 5.26 Å². The van der Waals surface area contributed by atoms with E-state index in [-0.39, 0.29) is 5.97 Å². The summed E-state index contributed by atoms with van der Waals surface area (Å²) in [5.74, 6) is -0.859. The average molecular weight is 209 g/mol. The number of carbonyl (C=O) groups is 1. The van der Waals surface area contributed by atoms with Crippen LogP contribution in [-0.2, 0) is 14.1 Å². The molecule has 7 nitrogen and oxygen atoms in total. The van der Waals surface area contributed by atoms with E-state index < -0.39 is 13.7 Å². The van der Waals surface area contributed by atoms with Gasteiger partial charge >= 0.3 is 13.8 Å². The monoisotopic (exact) mass is 209 g/mol. The van der Waals surface area contributed by atoms with E-state index in [0.29, 0.717) is 13.0 Å². The number of ether oxygens (including phenoxy) is 1. The molecule has 1 fully saturated rings. The van der Waals surface area contributed by atoms with Crippen LogP contribution in [-0.4, -0.2) is 27.3 Å². The van der Waals surface area contributed by atoms with Crippen molar-refractivity contribution in [3.8, 4) is 6.07 Å². The van der Waals surface area contributed by atoms with Crippen LogP contribution in [0.1, 0.15) is 6.42 Å². The van der Waals surface area contributed by atoms with Gasteiger partial charge in [0.15, 0.2) is 0 Å². The van der Waals surface area contributed by atoms with E-state index in [1.165, 1.54) is 0 Å². The summed E-state index contributed by atoms with van der Waals surface area (Å²) in [6, 6.07) is 1.84. The maximum absolute atomic E-state index is 10.4. The third-order valence-corrected chi connectivity index (χ3v) is 1.09. The van der Waals surface area contributed by atoms with Crippen LogP contribution in [0.5, 0.6) is 0 Å². The summed E-state index contributed by atoms with van der Waals surface area (Å²) in [6.45, 7) is 0.414. The molecule has 0 spiro atoms. The molecule has 0 aromatic heterocycles. The Labute approximate surface area is 73.8 Å². The summed E-state index contributed by atoms with van der Waals surface area (Å²) in [5, 5.41) is 8.19. The second kappa shape index (κ2) is 4.94. The Morgan fingerprint density at radius 3 is 2.15 bits per heavy atom.